The zero-order chi connectivity index (χ0) is 18.6. The fourth-order valence-electron chi connectivity index (χ4n) is 3.95. The fraction of sp³-hybridized carbons (Fsp3) is 0.316. The normalized spacial score (nSPS) is 21.5. The summed E-state index contributed by atoms with van der Waals surface area (Å²) < 4.78 is 2.52. The molecule has 2 heterocycles. The molecule has 1 aliphatic carbocycles. The van der Waals surface area contributed by atoms with Crippen LogP contribution in [0, 0.1) is 5.92 Å². The Bertz CT molecular complexity index is 1060. The van der Waals surface area contributed by atoms with Crippen molar-refractivity contribution in [2.45, 2.75) is 18.8 Å². The van der Waals surface area contributed by atoms with Gasteiger partial charge in [0.2, 0.25) is 0 Å². The molecule has 0 bridgehead atoms. The number of nitrogens with zero attached hydrogens (tertiary/aromatic N) is 2. The number of rotatable bonds is 1. The van der Waals surface area contributed by atoms with Gasteiger partial charge in [0.15, 0.2) is 0 Å². The Balaban J connectivity index is 2.07. The zero-order valence-corrected chi connectivity index (χ0v) is 15.2. The number of hydrogen-bond acceptors (Lipinski definition) is 4. The molecule has 0 spiro atoms. The third-order valence-corrected chi connectivity index (χ3v) is 5.52. The molecular formula is C19H18ClN3O3. The van der Waals surface area contributed by atoms with Gasteiger partial charge in [0.05, 0.1) is 11.5 Å². The fourth-order valence-corrected chi connectivity index (χ4v) is 4.08. The number of aromatic nitrogens is 2. The Morgan fingerprint density at radius 2 is 1.73 bits per heavy atom. The van der Waals surface area contributed by atoms with Crippen LogP contribution in [0.2, 0.25) is 5.02 Å². The van der Waals surface area contributed by atoms with Crippen LogP contribution in [-0.4, -0.2) is 14.9 Å². The van der Waals surface area contributed by atoms with Crippen molar-refractivity contribution in [1.29, 1.82) is 0 Å². The Hall–Kier alpha value is -2.60. The molecule has 0 radical (unpaired) electrons. The summed E-state index contributed by atoms with van der Waals surface area (Å²) in [6, 6.07) is 7.18. The van der Waals surface area contributed by atoms with E-state index in [9.17, 15) is 14.4 Å². The lowest BCUT2D eigenvalue weighted by molar-refractivity contribution is -0.122. The van der Waals surface area contributed by atoms with Crippen molar-refractivity contribution in [1.82, 2.24) is 9.13 Å². The molecule has 0 amide bonds. The first-order chi connectivity index (χ1) is 12.4. The molecule has 0 fully saturated rings. The number of carbonyl (C=O) groups is 1. The van der Waals surface area contributed by atoms with E-state index in [0.29, 0.717) is 29.2 Å². The molecule has 26 heavy (non-hydrogen) atoms. The number of fused-ring (bicyclic) bond motifs is 2. The van der Waals surface area contributed by atoms with Gasteiger partial charge in [-0.1, -0.05) is 29.8 Å². The van der Waals surface area contributed by atoms with Gasteiger partial charge in [-0.3, -0.25) is 18.7 Å². The first-order valence-electron chi connectivity index (χ1n) is 8.45. The van der Waals surface area contributed by atoms with Crippen LogP contribution in [0.25, 0.3) is 0 Å². The number of benzene rings is 1. The van der Waals surface area contributed by atoms with Crippen molar-refractivity contribution in [2.75, 3.05) is 5.32 Å². The molecule has 1 aromatic heterocycles. The summed E-state index contributed by atoms with van der Waals surface area (Å²) >= 11 is 6.02. The number of ketones is 1. The second-order valence-electron chi connectivity index (χ2n) is 6.76. The Labute approximate surface area is 154 Å². The second-order valence-corrected chi connectivity index (χ2v) is 7.20. The van der Waals surface area contributed by atoms with Gasteiger partial charge in [-0.15, -0.1) is 0 Å². The summed E-state index contributed by atoms with van der Waals surface area (Å²) in [5.41, 5.74) is 1.25. The minimum Gasteiger partial charge on any atom is -0.344 e. The standard InChI is InChI=1S/C19H18ClN3O3/c1-22-17-16(18(25)23(2)19(22)26)14(10-6-8-11(20)9-7-10)15-12(21-17)4-3-5-13(15)24/h4,6-9,14-15,21H,3,5H2,1-2H3/t14-,15-/m0/s1. The highest BCUT2D eigenvalue weighted by Crippen LogP contribution is 2.44. The monoisotopic (exact) mass is 371 g/mol. The lowest BCUT2D eigenvalue weighted by Gasteiger charge is -2.38. The van der Waals surface area contributed by atoms with E-state index in [-0.39, 0.29) is 11.3 Å². The van der Waals surface area contributed by atoms with Crippen molar-refractivity contribution >= 4 is 23.2 Å². The first kappa shape index (κ1) is 16.8. The van der Waals surface area contributed by atoms with Crippen molar-refractivity contribution in [3.63, 3.8) is 0 Å². The van der Waals surface area contributed by atoms with E-state index in [1.165, 1.54) is 11.6 Å². The predicted octanol–water partition coefficient (Wildman–Crippen LogP) is 2.16. The van der Waals surface area contributed by atoms with Gasteiger partial charge in [0, 0.05) is 37.2 Å². The van der Waals surface area contributed by atoms with Crippen molar-refractivity contribution in [3.05, 3.63) is 73.0 Å². The van der Waals surface area contributed by atoms with Crippen LogP contribution in [0.15, 0.2) is 45.6 Å². The second kappa shape index (κ2) is 5.99. The molecular weight excluding hydrogens is 354 g/mol. The van der Waals surface area contributed by atoms with E-state index in [2.05, 4.69) is 5.32 Å². The largest absolute Gasteiger partial charge is 0.344 e. The Morgan fingerprint density at radius 1 is 1.04 bits per heavy atom. The lowest BCUT2D eigenvalue weighted by Crippen LogP contribution is -2.46. The highest BCUT2D eigenvalue weighted by molar-refractivity contribution is 6.30. The number of halogens is 1. The Morgan fingerprint density at radius 3 is 2.42 bits per heavy atom. The zero-order valence-electron chi connectivity index (χ0n) is 14.5. The minimum absolute atomic E-state index is 0.0940. The average Bonchev–Trinajstić information content (AvgIpc) is 2.64. The van der Waals surface area contributed by atoms with Crippen molar-refractivity contribution in [2.24, 2.45) is 20.0 Å². The van der Waals surface area contributed by atoms with Crippen LogP contribution in [0.5, 0.6) is 0 Å². The van der Waals surface area contributed by atoms with Gasteiger partial charge in [0.1, 0.15) is 11.6 Å². The van der Waals surface area contributed by atoms with Crippen LogP contribution < -0.4 is 16.6 Å². The molecule has 6 nitrogen and oxygen atoms in total. The molecule has 1 aromatic carbocycles. The minimum atomic E-state index is -0.456. The van der Waals surface area contributed by atoms with Crippen LogP contribution in [0.4, 0.5) is 5.82 Å². The van der Waals surface area contributed by atoms with Gasteiger partial charge in [-0.2, -0.15) is 0 Å². The van der Waals surface area contributed by atoms with E-state index in [0.717, 1.165) is 15.8 Å². The number of anilines is 1. The first-order valence-corrected chi connectivity index (χ1v) is 8.83. The van der Waals surface area contributed by atoms with Gasteiger partial charge in [-0.05, 0) is 24.1 Å². The Kier molecular flexibility index (Phi) is 3.88. The number of Topliss-reactive ketones (excluding diaryl/α,β-unsaturated/α-hetero) is 1. The number of nitrogens with one attached hydrogen (secondary N) is 1. The third kappa shape index (κ3) is 2.36. The van der Waals surface area contributed by atoms with Gasteiger partial charge in [0.25, 0.3) is 5.56 Å². The van der Waals surface area contributed by atoms with E-state index in [4.69, 9.17) is 11.6 Å². The number of carbonyl (C=O) groups excluding carboxylic acids is 1. The molecule has 4 rings (SSSR count). The van der Waals surface area contributed by atoms with E-state index in [1.54, 1.807) is 19.2 Å². The van der Waals surface area contributed by atoms with Gasteiger partial charge >= 0.3 is 5.69 Å². The van der Waals surface area contributed by atoms with E-state index >= 15 is 0 Å². The third-order valence-electron chi connectivity index (χ3n) is 5.27. The SMILES string of the molecule is Cn1c2c(c(=O)n(C)c1=O)[C@@H](c1ccc(Cl)cc1)[C@@H]1C(=O)CCC=C1N2. The maximum absolute atomic E-state index is 13.0. The summed E-state index contributed by atoms with van der Waals surface area (Å²) in [6.45, 7) is 0. The molecule has 0 unspecified atom stereocenters. The van der Waals surface area contributed by atoms with Crippen LogP contribution in [0.1, 0.15) is 29.9 Å². The molecule has 134 valence electrons. The van der Waals surface area contributed by atoms with Crippen LogP contribution in [-0.2, 0) is 18.9 Å². The molecule has 0 saturated heterocycles. The molecule has 1 aliphatic heterocycles. The highest BCUT2D eigenvalue weighted by Gasteiger charge is 2.42. The van der Waals surface area contributed by atoms with Gasteiger partial charge in [-0.25, -0.2) is 4.79 Å². The maximum Gasteiger partial charge on any atom is 0.332 e. The lowest BCUT2D eigenvalue weighted by atomic mass is 9.72. The van der Waals surface area contributed by atoms with Crippen LogP contribution >= 0.6 is 11.6 Å². The number of hydrogen-bond donors (Lipinski definition) is 1. The van der Waals surface area contributed by atoms with Crippen molar-refractivity contribution in [3.8, 4) is 0 Å². The van der Waals surface area contributed by atoms with E-state index in [1.807, 2.05) is 18.2 Å². The topological polar surface area (TPSA) is 73.1 Å². The maximum atomic E-state index is 13.0. The molecule has 2 aromatic rings. The summed E-state index contributed by atoms with van der Waals surface area (Å²) in [6.07, 6.45) is 3.08. The summed E-state index contributed by atoms with van der Waals surface area (Å²) in [4.78, 5) is 38.1. The summed E-state index contributed by atoms with van der Waals surface area (Å²) in [5.74, 6) is -0.359. The predicted molar refractivity (Wildman–Crippen MR) is 99.7 cm³/mol. The quantitative estimate of drug-likeness (QED) is 0.833. The van der Waals surface area contributed by atoms with Gasteiger partial charge < -0.3 is 5.32 Å². The summed E-state index contributed by atoms with van der Waals surface area (Å²) in [5, 5.41) is 3.77. The number of allylic oxidation sites excluding steroid dienone is 2. The highest BCUT2D eigenvalue weighted by atomic mass is 35.5. The van der Waals surface area contributed by atoms with E-state index < -0.39 is 17.5 Å². The molecule has 2 atom stereocenters. The summed E-state index contributed by atoms with van der Waals surface area (Å²) in [7, 11) is 3.08. The van der Waals surface area contributed by atoms with Crippen molar-refractivity contribution < 1.29 is 4.79 Å². The molecule has 0 saturated carbocycles. The van der Waals surface area contributed by atoms with Crippen LogP contribution in [0.3, 0.4) is 0 Å². The molecule has 1 N–H and O–H groups in total. The smallest absolute Gasteiger partial charge is 0.332 e. The molecule has 2 aliphatic rings. The average molecular weight is 372 g/mol. The molecule has 7 heteroatoms.